The molecule has 1 aromatic rings. The molecule has 0 saturated heterocycles. The molecule has 14 heavy (non-hydrogen) atoms. The van der Waals surface area contributed by atoms with Gasteiger partial charge < -0.3 is 15.6 Å². The molecule has 3 heteroatoms. The summed E-state index contributed by atoms with van der Waals surface area (Å²) in [6.45, 7) is 2.46. The predicted octanol–water partition coefficient (Wildman–Crippen LogP) is 1.61. The molecule has 76 valence electrons. The van der Waals surface area contributed by atoms with E-state index in [0.717, 1.165) is 6.42 Å². The number of phenolic OH excluding ortho intramolecular Hbond substituents is 1. The van der Waals surface area contributed by atoms with Gasteiger partial charge in [0.25, 0.3) is 0 Å². The summed E-state index contributed by atoms with van der Waals surface area (Å²) < 4.78 is 5.30. The molecule has 0 heterocycles. The van der Waals surface area contributed by atoms with Gasteiger partial charge >= 0.3 is 0 Å². The lowest BCUT2D eigenvalue weighted by Gasteiger charge is -2.07. The van der Waals surface area contributed by atoms with Crippen molar-refractivity contribution in [3.05, 3.63) is 23.8 Å². The highest BCUT2D eigenvalue weighted by atomic mass is 16.5. The topological polar surface area (TPSA) is 55.5 Å². The molecule has 2 atom stereocenters. The summed E-state index contributed by atoms with van der Waals surface area (Å²) in [5.74, 6) is 1.21. The summed E-state index contributed by atoms with van der Waals surface area (Å²) in [5, 5.41) is 9.48. The summed E-state index contributed by atoms with van der Waals surface area (Å²) in [6.07, 6.45) is 1.04. The number of benzene rings is 1. The molecule has 0 bridgehead atoms. The normalized spacial score (nSPS) is 24.7. The van der Waals surface area contributed by atoms with Crippen molar-refractivity contribution in [3.8, 4) is 11.5 Å². The van der Waals surface area contributed by atoms with Crippen LogP contribution < -0.4 is 10.5 Å². The van der Waals surface area contributed by atoms with E-state index in [-0.39, 0.29) is 11.8 Å². The molecule has 3 nitrogen and oxygen atoms in total. The number of ether oxygens (including phenoxy) is 1. The second-order valence-corrected chi connectivity index (χ2v) is 3.67. The molecule has 2 rings (SSSR count). The van der Waals surface area contributed by atoms with Gasteiger partial charge in [0, 0.05) is 12.0 Å². The Hall–Kier alpha value is -1.22. The number of hydrogen-bond donors (Lipinski definition) is 2. The fourth-order valence-corrected chi connectivity index (χ4v) is 1.63. The van der Waals surface area contributed by atoms with Crippen molar-refractivity contribution < 1.29 is 9.84 Å². The molecule has 1 aliphatic carbocycles. The van der Waals surface area contributed by atoms with E-state index >= 15 is 0 Å². The Morgan fingerprint density at radius 1 is 1.57 bits per heavy atom. The fraction of sp³-hybridized carbons (Fsp3) is 0.455. The van der Waals surface area contributed by atoms with Gasteiger partial charge in [-0.1, -0.05) is 6.07 Å². The van der Waals surface area contributed by atoms with Gasteiger partial charge in [-0.05, 0) is 31.0 Å². The maximum atomic E-state index is 9.48. The Kier molecular flexibility index (Phi) is 2.33. The smallest absolute Gasteiger partial charge is 0.161 e. The molecule has 0 aromatic heterocycles. The molecule has 0 unspecified atom stereocenters. The van der Waals surface area contributed by atoms with E-state index in [9.17, 15) is 5.11 Å². The average Bonchev–Trinajstić information content (AvgIpc) is 2.87. The number of nitrogens with two attached hydrogens (primary N) is 1. The van der Waals surface area contributed by atoms with Gasteiger partial charge in [0.2, 0.25) is 0 Å². The molecular formula is C11H15NO2. The Morgan fingerprint density at radius 2 is 2.29 bits per heavy atom. The summed E-state index contributed by atoms with van der Waals surface area (Å²) in [4.78, 5) is 0. The molecule has 3 N–H and O–H groups in total. The van der Waals surface area contributed by atoms with Crippen LogP contribution in [0, 0.1) is 0 Å². The predicted molar refractivity (Wildman–Crippen MR) is 54.6 cm³/mol. The Labute approximate surface area is 83.5 Å². The molecule has 0 amide bonds. The first-order chi connectivity index (χ1) is 6.72. The van der Waals surface area contributed by atoms with Gasteiger partial charge in [-0.3, -0.25) is 0 Å². The lowest BCUT2D eigenvalue weighted by molar-refractivity contribution is 0.317. The maximum Gasteiger partial charge on any atom is 0.161 e. The van der Waals surface area contributed by atoms with E-state index in [1.807, 2.05) is 19.1 Å². The molecule has 1 aromatic carbocycles. The Balaban J connectivity index is 2.22. The third kappa shape index (κ3) is 1.68. The highest BCUT2D eigenvalue weighted by Gasteiger charge is 2.35. The van der Waals surface area contributed by atoms with E-state index < -0.39 is 0 Å². The van der Waals surface area contributed by atoms with Crippen molar-refractivity contribution in [3.63, 3.8) is 0 Å². The van der Waals surface area contributed by atoms with Crippen LogP contribution in [0.1, 0.15) is 24.8 Å². The highest BCUT2D eigenvalue weighted by Crippen LogP contribution is 2.41. The molecule has 1 fully saturated rings. The van der Waals surface area contributed by atoms with Gasteiger partial charge in [-0.15, -0.1) is 0 Å². The zero-order valence-electron chi connectivity index (χ0n) is 8.23. The minimum absolute atomic E-state index is 0.199. The quantitative estimate of drug-likeness (QED) is 0.766. The molecule has 1 saturated carbocycles. The standard InChI is InChI=1S/C11H15NO2/c1-2-14-11-5-7(3-4-10(11)13)8-6-9(8)12/h3-5,8-9,13H,2,6,12H2,1H3/t8-,9+/m0/s1. The first kappa shape index (κ1) is 9.34. The summed E-state index contributed by atoms with van der Waals surface area (Å²) in [5.41, 5.74) is 6.92. The van der Waals surface area contributed by atoms with Crippen LogP contribution in [0.5, 0.6) is 11.5 Å². The lowest BCUT2D eigenvalue weighted by Crippen LogP contribution is -2.01. The molecule has 0 aliphatic heterocycles. The number of rotatable bonds is 3. The van der Waals surface area contributed by atoms with Gasteiger partial charge in [0.05, 0.1) is 6.61 Å². The van der Waals surface area contributed by atoms with Crippen molar-refractivity contribution in [2.24, 2.45) is 5.73 Å². The number of phenols is 1. The van der Waals surface area contributed by atoms with Crippen molar-refractivity contribution in [1.82, 2.24) is 0 Å². The zero-order valence-corrected chi connectivity index (χ0v) is 8.23. The largest absolute Gasteiger partial charge is 0.504 e. The minimum atomic E-state index is 0.199. The Morgan fingerprint density at radius 3 is 2.86 bits per heavy atom. The van der Waals surface area contributed by atoms with Crippen LogP contribution in [0.4, 0.5) is 0 Å². The van der Waals surface area contributed by atoms with E-state index in [1.165, 1.54) is 5.56 Å². The van der Waals surface area contributed by atoms with Crippen LogP contribution in [0.15, 0.2) is 18.2 Å². The first-order valence-electron chi connectivity index (χ1n) is 4.93. The van der Waals surface area contributed by atoms with Crippen LogP contribution in [-0.4, -0.2) is 17.8 Å². The van der Waals surface area contributed by atoms with Crippen molar-refractivity contribution >= 4 is 0 Å². The zero-order chi connectivity index (χ0) is 10.1. The second kappa shape index (κ2) is 3.50. The van der Waals surface area contributed by atoms with Crippen LogP contribution >= 0.6 is 0 Å². The Bertz CT molecular complexity index is 338. The van der Waals surface area contributed by atoms with Crippen LogP contribution in [0.2, 0.25) is 0 Å². The third-order valence-corrected chi connectivity index (χ3v) is 2.55. The lowest BCUT2D eigenvalue weighted by atomic mass is 10.1. The number of hydrogen-bond acceptors (Lipinski definition) is 3. The number of aromatic hydroxyl groups is 1. The third-order valence-electron chi connectivity index (χ3n) is 2.55. The van der Waals surface area contributed by atoms with Crippen LogP contribution in [0.3, 0.4) is 0 Å². The second-order valence-electron chi connectivity index (χ2n) is 3.67. The summed E-state index contributed by atoms with van der Waals surface area (Å²) in [6, 6.07) is 5.76. The van der Waals surface area contributed by atoms with E-state index in [0.29, 0.717) is 18.3 Å². The van der Waals surface area contributed by atoms with E-state index in [4.69, 9.17) is 10.5 Å². The van der Waals surface area contributed by atoms with Gasteiger partial charge in [0.1, 0.15) is 0 Å². The SMILES string of the molecule is CCOc1cc([C@@H]2C[C@H]2N)ccc1O. The van der Waals surface area contributed by atoms with Gasteiger partial charge in [-0.25, -0.2) is 0 Å². The first-order valence-corrected chi connectivity index (χ1v) is 4.93. The van der Waals surface area contributed by atoms with E-state index in [2.05, 4.69) is 0 Å². The van der Waals surface area contributed by atoms with Crippen LogP contribution in [-0.2, 0) is 0 Å². The molecular weight excluding hydrogens is 178 g/mol. The summed E-state index contributed by atoms with van der Waals surface area (Å²) >= 11 is 0. The van der Waals surface area contributed by atoms with Crippen LogP contribution in [0.25, 0.3) is 0 Å². The average molecular weight is 193 g/mol. The monoisotopic (exact) mass is 193 g/mol. The molecule has 1 aliphatic rings. The van der Waals surface area contributed by atoms with Crippen molar-refractivity contribution in [1.29, 1.82) is 0 Å². The summed E-state index contributed by atoms with van der Waals surface area (Å²) in [7, 11) is 0. The van der Waals surface area contributed by atoms with Gasteiger partial charge in [0.15, 0.2) is 11.5 Å². The molecule has 0 spiro atoms. The van der Waals surface area contributed by atoms with Crippen molar-refractivity contribution in [2.75, 3.05) is 6.61 Å². The highest BCUT2D eigenvalue weighted by molar-refractivity contribution is 5.44. The maximum absolute atomic E-state index is 9.48. The fourth-order valence-electron chi connectivity index (χ4n) is 1.63. The van der Waals surface area contributed by atoms with Gasteiger partial charge in [-0.2, -0.15) is 0 Å². The minimum Gasteiger partial charge on any atom is -0.504 e. The molecule has 0 radical (unpaired) electrons. The van der Waals surface area contributed by atoms with E-state index in [1.54, 1.807) is 6.07 Å². The van der Waals surface area contributed by atoms with Crippen molar-refractivity contribution in [2.45, 2.75) is 25.3 Å².